The molecular formula is C14H19ClF2N2O. The molecule has 3 nitrogen and oxygen atoms in total. The molecule has 0 radical (unpaired) electrons. The first kappa shape index (κ1) is 15.6. The maximum absolute atomic E-state index is 14.2. The van der Waals surface area contributed by atoms with Crippen LogP contribution < -0.4 is 5.32 Å². The van der Waals surface area contributed by atoms with Gasteiger partial charge in [0.2, 0.25) is 0 Å². The van der Waals surface area contributed by atoms with Crippen molar-refractivity contribution in [2.75, 3.05) is 32.8 Å². The number of rotatable bonds is 4. The van der Waals surface area contributed by atoms with Crippen molar-refractivity contribution in [1.82, 2.24) is 10.2 Å². The van der Waals surface area contributed by atoms with Crippen LogP contribution in [0.5, 0.6) is 0 Å². The van der Waals surface area contributed by atoms with Gasteiger partial charge in [-0.15, -0.1) is 0 Å². The highest BCUT2D eigenvalue weighted by molar-refractivity contribution is 6.31. The molecule has 0 bridgehead atoms. The van der Waals surface area contributed by atoms with Crippen LogP contribution in [0.1, 0.15) is 17.2 Å². The molecule has 112 valence electrons. The van der Waals surface area contributed by atoms with Crippen LogP contribution >= 0.6 is 11.6 Å². The van der Waals surface area contributed by atoms with Gasteiger partial charge in [-0.25, -0.2) is 8.78 Å². The molecule has 0 aromatic heterocycles. The molecule has 1 aliphatic heterocycles. The second-order valence-electron chi connectivity index (χ2n) is 5.12. The summed E-state index contributed by atoms with van der Waals surface area (Å²) in [7, 11) is 0. The van der Waals surface area contributed by atoms with Crippen molar-refractivity contribution in [3.8, 4) is 0 Å². The molecular weight excluding hydrogens is 286 g/mol. The summed E-state index contributed by atoms with van der Waals surface area (Å²) in [6, 6.07) is 3.83. The van der Waals surface area contributed by atoms with Crippen molar-refractivity contribution in [3.63, 3.8) is 0 Å². The molecule has 2 rings (SSSR count). The van der Waals surface area contributed by atoms with Crippen LogP contribution in [0.4, 0.5) is 8.78 Å². The minimum absolute atomic E-state index is 0.446. The predicted molar refractivity (Wildman–Crippen MR) is 75.4 cm³/mol. The van der Waals surface area contributed by atoms with Crippen molar-refractivity contribution in [2.45, 2.75) is 18.9 Å². The molecule has 0 saturated carbocycles. The minimum atomic E-state index is -3.20. The summed E-state index contributed by atoms with van der Waals surface area (Å²) in [4.78, 5) is 1.70. The Bertz CT molecular complexity index is 464. The summed E-state index contributed by atoms with van der Waals surface area (Å²) in [5.74, 6) is -3.20. The Labute approximate surface area is 122 Å². The highest BCUT2D eigenvalue weighted by Crippen LogP contribution is 2.37. The molecule has 0 spiro atoms. The first-order valence-electron chi connectivity index (χ1n) is 6.65. The maximum Gasteiger partial charge on any atom is 0.289 e. The number of hydrogen-bond donors (Lipinski definition) is 2. The molecule has 1 aliphatic rings. The van der Waals surface area contributed by atoms with E-state index < -0.39 is 18.6 Å². The zero-order valence-electron chi connectivity index (χ0n) is 11.4. The van der Waals surface area contributed by atoms with Crippen LogP contribution in [-0.2, 0) is 0 Å². The fraction of sp³-hybridized carbons (Fsp3) is 0.571. The lowest BCUT2D eigenvalue weighted by atomic mass is 9.97. The third-order valence-electron chi connectivity index (χ3n) is 3.64. The normalized spacial score (nSPS) is 19.1. The van der Waals surface area contributed by atoms with E-state index in [1.165, 1.54) is 0 Å². The Morgan fingerprint density at radius 3 is 2.60 bits per heavy atom. The van der Waals surface area contributed by atoms with Crippen LogP contribution in [0.3, 0.4) is 0 Å². The number of piperazine rings is 1. The molecule has 1 aromatic carbocycles. The van der Waals surface area contributed by atoms with Gasteiger partial charge in [0.15, 0.2) is 0 Å². The van der Waals surface area contributed by atoms with Crippen LogP contribution in [0.2, 0.25) is 5.02 Å². The number of alkyl halides is 2. The molecule has 0 aliphatic carbocycles. The highest BCUT2D eigenvalue weighted by Gasteiger charge is 2.44. The van der Waals surface area contributed by atoms with Crippen LogP contribution in [0.25, 0.3) is 0 Å². The number of hydrogen-bond acceptors (Lipinski definition) is 3. The van der Waals surface area contributed by atoms with Gasteiger partial charge in [-0.1, -0.05) is 23.7 Å². The van der Waals surface area contributed by atoms with E-state index in [-0.39, 0.29) is 0 Å². The third kappa shape index (κ3) is 3.28. The zero-order chi connectivity index (χ0) is 14.8. The molecule has 1 saturated heterocycles. The summed E-state index contributed by atoms with van der Waals surface area (Å²) in [6.45, 7) is 3.02. The van der Waals surface area contributed by atoms with Crippen molar-refractivity contribution in [3.05, 3.63) is 34.3 Å². The van der Waals surface area contributed by atoms with Crippen molar-refractivity contribution >= 4 is 11.6 Å². The van der Waals surface area contributed by atoms with Crippen molar-refractivity contribution < 1.29 is 13.9 Å². The van der Waals surface area contributed by atoms with Crippen LogP contribution in [0.15, 0.2) is 18.2 Å². The average Bonchev–Trinajstić information content (AvgIpc) is 2.44. The molecule has 2 N–H and O–H groups in total. The summed E-state index contributed by atoms with van der Waals surface area (Å²) in [5, 5.41) is 12.7. The van der Waals surface area contributed by atoms with Crippen molar-refractivity contribution in [2.24, 2.45) is 0 Å². The van der Waals surface area contributed by atoms with Gasteiger partial charge in [-0.05, 0) is 24.1 Å². The Morgan fingerprint density at radius 2 is 2.05 bits per heavy atom. The Kier molecular flexibility index (Phi) is 4.96. The van der Waals surface area contributed by atoms with Gasteiger partial charge in [-0.3, -0.25) is 4.90 Å². The van der Waals surface area contributed by atoms with E-state index in [9.17, 15) is 8.78 Å². The largest absolute Gasteiger partial charge is 0.390 e. The second-order valence-corrected chi connectivity index (χ2v) is 5.52. The van der Waals surface area contributed by atoms with E-state index in [1.54, 1.807) is 23.1 Å². The van der Waals surface area contributed by atoms with Gasteiger partial charge in [-0.2, -0.15) is 0 Å². The van der Waals surface area contributed by atoms with Crippen LogP contribution in [-0.4, -0.2) is 48.7 Å². The highest BCUT2D eigenvalue weighted by atomic mass is 35.5. The van der Waals surface area contributed by atoms with E-state index >= 15 is 0 Å². The minimum Gasteiger partial charge on any atom is -0.390 e. The fourth-order valence-corrected chi connectivity index (χ4v) is 2.72. The lowest BCUT2D eigenvalue weighted by Gasteiger charge is -2.38. The molecule has 20 heavy (non-hydrogen) atoms. The smallest absolute Gasteiger partial charge is 0.289 e. The monoisotopic (exact) mass is 304 g/mol. The first-order chi connectivity index (χ1) is 9.45. The van der Waals surface area contributed by atoms with Gasteiger partial charge in [0, 0.05) is 31.2 Å². The number of nitrogens with one attached hydrogen (secondary N) is 1. The van der Waals surface area contributed by atoms with Crippen LogP contribution in [0, 0.1) is 6.92 Å². The molecule has 1 heterocycles. The van der Waals surface area contributed by atoms with E-state index in [1.807, 2.05) is 6.92 Å². The van der Waals surface area contributed by atoms with Gasteiger partial charge in [0.05, 0.1) is 0 Å². The summed E-state index contributed by atoms with van der Waals surface area (Å²) in [5.41, 5.74) is 1.29. The SMILES string of the molecule is Cc1ccc([C@H](N2CCNCC2)C(F)(F)CO)cc1Cl. The van der Waals surface area contributed by atoms with E-state index in [4.69, 9.17) is 16.7 Å². The molecule has 6 heteroatoms. The Balaban J connectivity index is 2.36. The Morgan fingerprint density at radius 1 is 1.40 bits per heavy atom. The molecule has 0 unspecified atom stereocenters. The van der Waals surface area contributed by atoms with E-state index in [0.29, 0.717) is 36.8 Å². The Hall–Kier alpha value is -0.750. The topological polar surface area (TPSA) is 35.5 Å². The number of aliphatic hydroxyl groups is 1. The lowest BCUT2D eigenvalue weighted by molar-refractivity contribution is -0.118. The van der Waals surface area contributed by atoms with E-state index in [2.05, 4.69) is 5.32 Å². The quantitative estimate of drug-likeness (QED) is 0.895. The van der Waals surface area contributed by atoms with Gasteiger partial charge in [0.1, 0.15) is 12.6 Å². The number of halogens is 3. The standard InChI is InChI=1S/C14H19ClF2N2O/c1-10-2-3-11(8-12(10)15)13(14(16,17)9-20)19-6-4-18-5-7-19/h2-3,8,13,18,20H,4-7,9H2,1H3/t13-/m0/s1. The third-order valence-corrected chi connectivity index (χ3v) is 4.05. The van der Waals surface area contributed by atoms with Gasteiger partial charge in [0.25, 0.3) is 5.92 Å². The first-order valence-corrected chi connectivity index (χ1v) is 7.03. The summed E-state index contributed by atoms with van der Waals surface area (Å²) < 4.78 is 28.3. The number of aliphatic hydroxyl groups excluding tert-OH is 1. The average molecular weight is 305 g/mol. The molecule has 0 amide bonds. The van der Waals surface area contributed by atoms with Gasteiger partial charge < -0.3 is 10.4 Å². The molecule has 1 fully saturated rings. The number of benzene rings is 1. The second kappa shape index (κ2) is 6.35. The van der Waals surface area contributed by atoms with E-state index in [0.717, 1.165) is 5.56 Å². The predicted octanol–water partition coefficient (Wildman–Crippen LogP) is 2.22. The lowest BCUT2D eigenvalue weighted by Crippen LogP contribution is -2.51. The summed E-state index contributed by atoms with van der Waals surface area (Å²) in [6.07, 6.45) is 0. The van der Waals surface area contributed by atoms with Gasteiger partial charge >= 0.3 is 0 Å². The molecule has 1 aromatic rings. The number of nitrogens with zero attached hydrogens (tertiary/aromatic N) is 1. The fourth-order valence-electron chi connectivity index (χ4n) is 2.53. The summed E-state index contributed by atoms with van der Waals surface area (Å²) >= 11 is 6.05. The maximum atomic E-state index is 14.2. The molecule has 1 atom stereocenters. The van der Waals surface area contributed by atoms with Crippen molar-refractivity contribution in [1.29, 1.82) is 0 Å². The number of aryl methyl sites for hydroxylation is 1. The zero-order valence-corrected chi connectivity index (χ0v) is 12.1.